The fourth-order valence-corrected chi connectivity index (χ4v) is 1.85. The van der Waals surface area contributed by atoms with Gasteiger partial charge in [-0.05, 0) is 28.1 Å². The van der Waals surface area contributed by atoms with Crippen LogP contribution >= 0.6 is 15.9 Å². The Kier molecular flexibility index (Phi) is 2.25. The average molecular weight is 254 g/mol. The lowest BCUT2D eigenvalue weighted by Crippen LogP contribution is -1.93. The molecule has 2 rings (SSSR count). The summed E-state index contributed by atoms with van der Waals surface area (Å²) < 4.78 is 2.32. The van der Waals surface area contributed by atoms with E-state index in [1.807, 2.05) is 6.07 Å². The summed E-state index contributed by atoms with van der Waals surface area (Å²) in [5.41, 5.74) is 1.73. The first-order chi connectivity index (χ1) is 6.68. The van der Waals surface area contributed by atoms with Crippen LogP contribution in [0.5, 0.6) is 5.75 Å². The largest absolute Gasteiger partial charge is 0.508 e. The van der Waals surface area contributed by atoms with Crippen LogP contribution in [0.1, 0.15) is 0 Å². The number of nitrogens with zero attached hydrogens (tertiary/aromatic N) is 3. The van der Waals surface area contributed by atoms with Gasteiger partial charge in [0.1, 0.15) is 11.4 Å². The number of aromatic nitrogens is 3. The first kappa shape index (κ1) is 9.21. The maximum absolute atomic E-state index is 9.33. The number of phenols is 1. The van der Waals surface area contributed by atoms with Gasteiger partial charge in [0.15, 0.2) is 4.60 Å². The van der Waals surface area contributed by atoms with Crippen LogP contribution in [0.4, 0.5) is 0 Å². The van der Waals surface area contributed by atoms with Crippen LogP contribution in [0, 0.1) is 0 Å². The number of halogens is 1. The predicted octanol–water partition coefficient (Wildman–Crippen LogP) is 1.95. The van der Waals surface area contributed by atoms with Crippen molar-refractivity contribution in [3.05, 3.63) is 28.9 Å². The van der Waals surface area contributed by atoms with Crippen LogP contribution < -0.4 is 0 Å². The number of hydrogen-bond donors (Lipinski definition) is 1. The predicted molar refractivity (Wildman–Crippen MR) is 55.8 cm³/mol. The molecule has 14 heavy (non-hydrogen) atoms. The van der Waals surface area contributed by atoms with Gasteiger partial charge in [0.05, 0.1) is 0 Å². The van der Waals surface area contributed by atoms with E-state index in [1.165, 1.54) is 0 Å². The molecule has 0 atom stereocenters. The van der Waals surface area contributed by atoms with Crippen LogP contribution in [-0.4, -0.2) is 20.1 Å². The molecule has 0 aliphatic heterocycles. The van der Waals surface area contributed by atoms with Crippen LogP contribution in [0.25, 0.3) is 11.3 Å². The molecule has 0 amide bonds. The molecule has 0 radical (unpaired) electrons. The summed E-state index contributed by atoms with van der Waals surface area (Å²) in [6.07, 6.45) is 0. The Hall–Kier alpha value is -1.36. The van der Waals surface area contributed by atoms with Crippen molar-refractivity contribution < 1.29 is 5.11 Å². The molecular weight excluding hydrogens is 246 g/mol. The summed E-state index contributed by atoms with van der Waals surface area (Å²) in [6, 6.07) is 6.97. The molecule has 5 heteroatoms. The Labute approximate surface area is 89.3 Å². The summed E-state index contributed by atoms with van der Waals surface area (Å²) in [5, 5.41) is 17.1. The molecule has 0 bridgehead atoms. The van der Waals surface area contributed by atoms with Crippen molar-refractivity contribution in [1.29, 1.82) is 0 Å². The minimum atomic E-state index is 0.232. The minimum absolute atomic E-state index is 0.232. The third-order valence-electron chi connectivity index (χ3n) is 1.91. The van der Waals surface area contributed by atoms with Gasteiger partial charge in [-0.2, -0.15) is 0 Å². The fraction of sp³-hybridized carbons (Fsp3) is 0.111. The Morgan fingerprint density at radius 1 is 1.43 bits per heavy atom. The molecule has 0 aliphatic carbocycles. The Bertz CT molecular complexity index is 447. The SMILES string of the molecule is Cn1nnc(Br)c1-c1cccc(O)c1. The highest BCUT2D eigenvalue weighted by Crippen LogP contribution is 2.27. The normalized spacial score (nSPS) is 10.4. The van der Waals surface area contributed by atoms with E-state index in [0.29, 0.717) is 4.60 Å². The molecule has 0 saturated carbocycles. The molecule has 0 saturated heterocycles. The van der Waals surface area contributed by atoms with E-state index in [1.54, 1.807) is 29.9 Å². The molecule has 0 aliphatic rings. The van der Waals surface area contributed by atoms with Crippen molar-refractivity contribution in [2.24, 2.45) is 7.05 Å². The first-order valence-electron chi connectivity index (χ1n) is 4.03. The second-order valence-corrected chi connectivity index (χ2v) is 3.65. The number of rotatable bonds is 1. The molecule has 4 nitrogen and oxygen atoms in total. The van der Waals surface area contributed by atoms with E-state index < -0.39 is 0 Å². The zero-order valence-corrected chi connectivity index (χ0v) is 9.06. The topological polar surface area (TPSA) is 50.9 Å². The second kappa shape index (κ2) is 3.42. The number of aromatic hydroxyl groups is 1. The number of benzene rings is 1. The number of phenolic OH excluding ortho intramolecular Hbond substituents is 1. The van der Waals surface area contributed by atoms with Crippen LogP contribution in [-0.2, 0) is 7.05 Å². The zero-order chi connectivity index (χ0) is 10.1. The molecule has 1 heterocycles. The molecule has 2 aromatic rings. The van der Waals surface area contributed by atoms with E-state index in [4.69, 9.17) is 0 Å². The molecular formula is C9H8BrN3O. The van der Waals surface area contributed by atoms with Gasteiger partial charge in [-0.3, -0.25) is 0 Å². The summed E-state index contributed by atoms with van der Waals surface area (Å²) in [4.78, 5) is 0. The third-order valence-corrected chi connectivity index (χ3v) is 2.44. The van der Waals surface area contributed by atoms with Gasteiger partial charge in [0, 0.05) is 12.6 Å². The average Bonchev–Trinajstić information content (AvgIpc) is 2.46. The van der Waals surface area contributed by atoms with E-state index in [9.17, 15) is 5.11 Å². The number of hydrogen-bond acceptors (Lipinski definition) is 3. The zero-order valence-electron chi connectivity index (χ0n) is 7.48. The lowest BCUT2D eigenvalue weighted by molar-refractivity contribution is 0.475. The summed E-state index contributed by atoms with van der Waals surface area (Å²) >= 11 is 3.30. The summed E-state index contributed by atoms with van der Waals surface area (Å²) in [7, 11) is 1.80. The van der Waals surface area contributed by atoms with Gasteiger partial charge in [-0.15, -0.1) is 5.10 Å². The van der Waals surface area contributed by atoms with Gasteiger partial charge in [-0.1, -0.05) is 17.3 Å². The molecule has 1 aromatic heterocycles. The van der Waals surface area contributed by atoms with Crippen molar-refractivity contribution in [1.82, 2.24) is 15.0 Å². The van der Waals surface area contributed by atoms with Gasteiger partial charge in [-0.25, -0.2) is 4.68 Å². The Morgan fingerprint density at radius 3 is 2.79 bits per heavy atom. The molecule has 0 unspecified atom stereocenters. The second-order valence-electron chi connectivity index (χ2n) is 2.90. The highest BCUT2D eigenvalue weighted by Gasteiger charge is 2.10. The van der Waals surface area contributed by atoms with E-state index in [-0.39, 0.29) is 5.75 Å². The Balaban J connectivity index is 2.59. The number of aryl methyl sites for hydroxylation is 1. The van der Waals surface area contributed by atoms with Crippen molar-refractivity contribution >= 4 is 15.9 Å². The quantitative estimate of drug-likeness (QED) is 0.846. The van der Waals surface area contributed by atoms with Crippen molar-refractivity contribution in [3.8, 4) is 17.0 Å². The highest BCUT2D eigenvalue weighted by atomic mass is 79.9. The van der Waals surface area contributed by atoms with Gasteiger partial charge in [0.25, 0.3) is 0 Å². The van der Waals surface area contributed by atoms with Crippen LogP contribution in [0.3, 0.4) is 0 Å². The van der Waals surface area contributed by atoms with E-state index in [2.05, 4.69) is 26.2 Å². The summed E-state index contributed by atoms with van der Waals surface area (Å²) in [5.74, 6) is 0.232. The molecule has 0 spiro atoms. The maximum atomic E-state index is 9.33. The fourth-order valence-electron chi connectivity index (χ4n) is 1.29. The molecule has 1 N–H and O–H groups in total. The van der Waals surface area contributed by atoms with Gasteiger partial charge < -0.3 is 5.11 Å². The Morgan fingerprint density at radius 2 is 2.21 bits per heavy atom. The monoisotopic (exact) mass is 253 g/mol. The van der Waals surface area contributed by atoms with Crippen molar-refractivity contribution in [3.63, 3.8) is 0 Å². The smallest absolute Gasteiger partial charge is 0.156 e. The first-order valence-corrected chi connectivity index (χ1v) is 4.82. The van der Waals surface area contributed by atoms with Crippen LogP contribution in [0.2, 0.25) is 0 Å². The van der Waals surface area contributed by atoms with E-state index in [0.717, 1.165) is 11.3 Å². The molecule has 1 aromatic carbocycles. The summed E-state index contributed by atoms with van der Waals surface area (Å²) in [6.45, 7) is 0. The van der Waals surface area contributed by atoms with Crippen molar-refractivity contribution in [2.75, 3.05) is 0 Å². The third kappa shape index (κ3) is 1.50. The molecule has 0 fully saturated rings. The van der Waals surface area contributed by atoms with E-state index >= 15 is 0 Å². The minimum Gasteiger partial charge on any atom is -0.508 e. The standard InChI is InChI=1S/C9H8BrN3O/c1-13-8(9(10)11-12-13)6-3-2-4-7(14)5-6/h2-5,14H,1H3. The lowest BCUT2D eigenvalue weighted by Gasteiger charge is -2.01. The lowest BCUT2D eigenvalue weighted by atomic mass is 10.1. The molecule has 72 valence electrons. The van der Waals surface area contributed by atoms with Crippen molar-refractivity contribution in [2.45, 2.75) is 0 Å². The van der Waals surface area contributed by atoms with Gasteiger partial charge in [0.2, 0.25) is 0 Å². The maximum Gasteiger partial charge on any atom is 0.156 e. The highest BCUT2D eigenvalue weighted by molar-refractivity contribution is 9.10. The van der Waals surface area contributed by atoms with Crippen LogP contribution in [0.15, 0.2) is 28.9 Å². The van der Waals surface area contributed by atoms with Gasteiger partial charge >= 0.3 is 0 Å².